The van der Waals surface area contributed by atoms with E-state index in [9.17, 15) is 9.59 Å². The second-order valence-electron chi connectivity index (χ2n) is 5.93. The van der Waals surface area contributed by atoms with Gasteiger partial charge in [0.25, 0.3) is 11.5 Å². The van der Waals surface area contributed by atoms with E-state index in [-0.39, 0.29) is 11.5 Å². The quantitative estimate of drug-likeness (QED) is 0.558. The van der Waals surface area contributed by atoms with Gasteiger partial charge in [-0.25, -0.2) is 0 Å². The van der Waals surface area contributed by atoms with Crippen LogP contribution >= 0.6 is 11.3 Å². The van der Waals surface area contributed by atoms with Crippen LogP contribution in [0, 0.1) is 0 Å². The highest BCUT2D eigenvalue weighted by Gasteiger charge is 2.19. The molecule has 25 heavy (non-hydrogen) atoms. The molecule has 0 spiro atoms. The number of hydrogen-bond acceptors (Lipinski definition) is 4. The monoisotopic (exact) mass is 349 g/mol. The molecule has 1 aromatic carbocycles. The molecule has 3 aromatic heterocycles. The Kier molecular flexibility index (Phi) is 3.62. The number of aromatic nitrogens is 2. The number of pyridine rings is 1. The van der Waals surface area contributed by atoms with Crippen molar-refractivity contribution < 1.29 is 4.79 Å². The summed E-state index contributed by atoms with van der Waals surface area (Å²) in [5.41, 5.74) is 2.16. The van der Waals surface area contributed by atoms with Crippen LogP contribution in [-0.2, 0) is 0 Å². The number of nitrogens with zero attached hydrogens (tertiary/aromatic N) is 3. The van der Waals surface area contributed by atoms with E-state index in [1.54, 1.807) is 14.1 Å². The summed E-state index contributed by atoms with van der Waals surface area (Å²) in [6.45, 7) is 0. The fourth-order valence-corrected chi connectivity index (χ4v) is 3.76. The highest BCUT2D eigenvalue weighted by molar-refractivity contribution is 7.18. The van der Waals surface area contributed by atoms with E-state index >= 15 is 0 Å². The van der Waals surface area contributed by atoms with Crippen LogP contribution in [0.1, 0.15) is 10.5 Å². The van der Waals surface area contributed by atoms with Gasteiger partial charge in [0.2, 0.25) is 0 Å². The van der Waals surface area contributed by atoms with E-state index in [0.717, 1.165) is 15.6 Å². The van der Waals surface area contributed by atoms with Gasteiger partial charge in [-0.1, -0.05) is 30.3 Å². The van der Waals surface area contributed by atoms with E-state index in [4.69, 9.17) is 0 Å². The fourth-order valence-electron chi connectivity index (χ4n) is 2.85. The number of carbonyl (C=O) groups is 1. The molecule has 0 fully saturated rings. The summed E-state index contributed by atoms with van der Waals surface area (Å²) in [5, 5.41) is 7.09. The van der Waals surface area contributed by atoms with Gasteiger partial charge in [0.05, 0.1) is 10.2 Å². The zero-order valence-corrected chi connectivity index (χ0v) is 14.6. The second-order valence-corrected chi connectivity index (χ2v) is 6.84. The molecule has 0 aliphatic rings. The molecular formula is C19H15N3O2S. The lowest BCUT2D eigenvalue weighted by atomic mass is 10.1. The molecule has 0 unspecified atom stereocenters. The highest BCUT2D eigenvalue weighted by Crippen LogP contribution is 2.28. The fraction of sp³-hybridized carbons (Fsp3) is 0.105. The molecule has 4 aromatic rings. The molecule has 0 aliphatic carbocycles. The third-order valence-corrected chi connectivity index (χ3v) is 5.04. The van der Waals surface area contributed by atoms with Crippen molar-refractivity contribution in [3.63, 3.8) is 0 Å². The van der Waals surface area contributed by atoms with Crippen LogP contribution in [0.5, 0.6) is 0 Å². The molecule has 0 atom stereocenters. The Morgan fingerprint density at radius 3 is 2.56 bits per heavy atom. The number of rotatable bonds is 2. The van der Waals surface area contributed by atoms with Crippen LogP contribution in [0.3, 0.4) is 0 Å². The normalized spacial score (nSPS) is 11.1. The summed E-state index contributed by atoms with van der Waals surface area (Å²) in [5.74, 6) is -0.220. The smallest absolute Gasteiger partial charge is 0.279 e. The molecule has 0 aliphatic heterocycles. The van der Waals surface area contributed by atoms with Crippen molar-refractivity contribution >= 4 is 32.8 Å². The van der Waals surface area contributed by atoms with Gasteiger partial charge in [0.15, 0.2) is 5.69 Å². The van der Waals surface area contributed by atoms with Crippen molar-refractivity contribution in [3.8, 4) is 11.1 Å². The first-order valence-corrected chi connectivity index (χ1v) is 8.66. The van der Waals surface area contributed by atoms with E-state index in [1.807, 2.05) is 53.9 Å². The molecule has 0 saturated heterocycles. The lowest BCUT2D eigenvalue weighted by Gasteiger charge is -2.12. The van der Waals surface area contributed by atoms with Gasteiger partial charge >= 0.3 is 0 Å². The van der Waals surface area contributed by atoms with Crippen LogP contribution in [-0.4, -0.2) is 34.5 Å². The van der Waals surface area contributed by atoms with Crippen LogP contribution in [0.2, 0.25) is 0 Å². The van der Waals surface area contributed by atoms with E-state index in [0.29, 0.717) is 16.8 Å². The average Bonchev–Trinajstić information content (AvgIpc) is 3.11. The Hall–Kier alpha value is -2.99. The Morgan fingerprint density at radius 2 is 1.84 bits per heavy atom. The minimum Gasteiger partial charge on any atom is -0.343 e. The zero-order chi connectivity index (χ0) is 17.6. The largest absolute Gasteiger partial charge is 0.343 e. The number of fused-ring (bicyclic) bond motifs is 3. The summed E-state index contributed by atoms with van der Waals surface area (Å²) < 4.78 is 2.23. The minimum absolute atomic E-state index is 0.220. The molecule has 3 heterocycles. The number of thiophene rings is 1. The summed E-state index contributed by atoms with van der Waals surface area (Å²) in [7, 11) is 3.35. The van der Waals surface area contributed by atoms with Gasteiger partial charge in [0, 0.05) is 25.0 Å². The predicted molar refractivity (Wildman–Crippen MR) is 100 cm³/mol. The third kappa shape index (κ3) is 2.42. The highest BCUT2D eigenvalue weighted by atomic mass is 32.1. The standard InChI is InChI=1S/C19H15N3O2S/c1-21(2)19(24)16-14-10-11-25-17(14)15-9-8-13(18(23)22(15)20-16)12-6-4-3-5-7-12/h3-11H,1-2H3. The molecule has 6 heteroatoms. The van der Waals surface area contributed by atoms with Crippen molar-refractivity contribution in [2.45, 2.75) is 0 Å². The zero-order valence-electron chi connectivity index (χ0n) is 13.8. The lowest BCUT2D eigenvalue weighted by molar-refractivity contribution is 0.0822. The van der Waals surface area contributed by atoms with Gasteiger partial charge in [-0.2, -0.15) is 9.61 Å². The van der Waals surface area contributed by atoms with E-state index in [2.05, 4.69) is 5.10 Å². The van der Waals surface area contributed by atoms with Crippen molar-refractivity contribution in [1.82, 2.24) is 14.5 Å². The molecule has 1 amide bonds. The Morgan fingerprint density at radius 1 is 1.08 bits per heavy atom. The van der Waals surface area contributed by atoms with Gasteiger partial charge < -0.3 is 4.90 Å². The molecular weight excluding hydrogens is 334 g/mol. The topological polar surface area (TPSA) is 54.7 Å². The minimum atomic E-state index is -0.230. The van der Waals surface area contributed by atoms with E-state index in [1.165, 1.54) is 20.8 Å². The maximum absolute atomic E-state index is 13.0. The first-order chi connectivity index (χ1) is 12.1. The van der Waals surface area contributed by atoms with Gasteiger partial charge in [-0.05, 0) is 29.1 Å². The molecule has 0 radical (unpaired) electrons. The van der Waals surface area contributed by atoms with Crippen LogP contribution in [0.4, 0.5) is 0 Å². The first-order valence-electron chi connectivity index (χ1n) is 7.78. The first kappa shape index (κ1) is 15.5. The van der Waals surface area contributed by atoms with Crippen LogP contribution < -0.4 is 5.56 Å². The number of hydrogen-bond donors (Lipinski definition) is 0. The Bertz CT molecular complexity index is 1160. The Balaban J connectivity index is 2.09. The molecule has 4 rings (SSSR count). The van der Waals surface area contributed by atoms with Crippen molar-refractivity contribution in [1.29, 1.82) is 0 Å². The second kappa shape index (κ2) is 5.82. The number of carbonyl (C=O) groups excluding carboxylic acids is 1. The van der Waals surface area contributed by atoms with Gasteiger partial charge in [0.1, 0.15) is 0 Å². The lowest BCUT2D eigenvalue weighted by Crippen LogP contribution is -2.26. The van der Waals surface area contributed by atoms with E-state index < -0.39 is 0 Å². The molecule has 0 N–H and O–H groups in total. The summed E-state index contributed by atoms with van der Waals surface area (Å²) in [6.07, 6.45) is 0. The molecule has 0 saturated carbocycles. The van der Waals surface area contributed by atoms with Crippen molar-refractivity contribution in [2.75, 3.05) is 14.1 Å². The number of amides is 1. The predicted octanol–water partition coefficient (Wildman–Crippen LogP) is 3.28. The molecule has 5 nitrogen and oxygen atoms in total. The van der Waals surface area contributed by atoms with Crippen molar-refractivity contribution in [3.05, 3.63) is 70.0 Å². The average molecular weight is 349 g/mol. The molecule has 124 valence electrons. The molecule has 0 bridgehead atoms. The van der Waals surface area contributed by atoms with Gasteiger partial charge in [-0.3, -0.25) is 9.59 Å². The SMILES string of the molecule is CN(C)C(=O)c1nn2c(=O)c(-c3ccccc3)ccc2c2sccc12. The maximum atomic E-state index is 13.0. The van der Waals surface area contributed by atoms with Gasteiger partial charge in [-0.15, -0.1) is 11.3 Å². The van der Waals surface area contributed by atoms with Crippen LogP contribution in [0.15, 0.2) is 58.7 Å². The third-order valence-electron chi connectivity index (χ3n) is 4.11. The summed E-state index contributed by atoms with van der Waals surface area (Å²) in [4.78, 5) is 27.0. The Labute approximate surface area is 147 Å². The summed E-state index contributed by atoms with van der Waals surface area (Å²) >= 11 is 1.50. The van der Waals surface area contributed by atoms with Crippen LogP contribution in [0.25, 0.3) is 26.7 Å². The number of benzene rings is 1. The summed E-state index contributed by atoms with van der Waals surface area (Å²) in [6, 6.07) is 15.0. The van der Waals surface area contributed by atoms with Crippen molar-refractivity contribution in [2.24, 2.45) is 0 Å². The maximum Gasteiger partial charge on any atom is 0.279 e.